The van der Waals surface area contributed by atoms with E-state index in [0.29, 0.717) is 30.8 Å². The maximum Gasteiger partial charge on any atom is 0.417 e. The van der Waals surface area contributed by atoms with Crippen molar-refractivity contribution in [1.82, 2.24) is 10.2 Å². The van der Waals surface area contributed by atoms with Gasteiger partial charge in [-0.3, -0.25) is 4.79 Å². The molecule has 0 bridgehead atoms. The summed E-state index contributed by atoms with van der Waals surface area (Å²) in [5, 5.41) is 3.13. The molecule has 3 rings (SSSR count). The van der Waals surface area contributed by atoms with Gasteiger partial charge in [0, 0.05) is 19.6 Å². The third kappa shape index (κ3) is 2.61. The maximum absolute atomic E-state index is 13.3. The number of alkyl halides is 3. The predicted octanol–water partition coefficient (Wildman–Crippen LogP) is 3.26. The summed E-state index contributed by atoms with van der Waals surface area (Å²) >= 11 is 0. The van der Waals surface area contributed by atoms with Gasteiger partial charge in [-0.2, -0.15) is 13.2 Å². The Kier molecular flexibility index (Phi) is 4.54. The van der Waals surface area contributed by atoms with Crippen LogP contribution in [0, 0.1) is 0 Å². The lowest BCUT2D eigenvalue weighted by atomic mass is 9.95. The van der Waals surface area contributed by atoms with E-state index in [1.54, 1.807) is 25.1 Å². The van der Waals surface area contributed by atoms with Crippen LogP contribution in [0.3, 0.4) is 0 Å². The lowest BCUT2D eigenvalue weighted by molar-refractivity contribution is -0.137. The van der Waals surface area contributed by atoms with Crippen LogP contribution in [0.1, 0.15) is 40.0 Å². The highest BCUT2D eigenvalue weighted by Gasteiger charge is 2.45. The molecule has 0 spiro atoms. The molecule has 1 amide bonds. The number of allylic oxidation sites excluding steroid dienone is 1. The molecule has 2 aliphatic rings. The standard InChI is InChI=1S/C15H15F3N2O.ClH/c1-2-3-9-6-10-12-8-19-4-5-20(12)14(21)13(10)11(7-9)15(16,17)18;/h2-3,6-7,12,19H,4-5,8H2,1H3;1H/b3-2-;/t12-;/m0./s1. The summed E-state index contributed by atoms with van der Waals surface area (Å²) in [6, 6.07) is 2.45. The molecular weight excluding hydrogens is 317 g/mol. The summed E-state index contributed by atoms with van der Waals surface area (Å²) in [6.45, 7) is 3.29. The fraction of sp³-hybridized carbons (Fsp3) is 0.400. The largest absolute Gasteiger partial charge is 0.417 e. The van der Waals surface area contributed by atoms with Gasteiger partial charge in [0.15, 0.2) is 0 Å². The Labute approximate surface area is 132 Å². The maximum atomic E-state index is 13.3. The van der Waals surface area contributed by atoms with Crippen molar-refractivity contribution in [2.24, 2.45) is 0 Å². The molecule has 7 heteroatoms. The molecule has 1 aromatic rings. The summed E-state index contributed by atoms with van der Waals surface area (Å²) in [5.41, 5.74) is -0.0455. The Balaban J connectivity index is 0.00000176. The molecule has 0 radical (unpaired) electrons. The number of hydrogen-bond acceptors (Lipinski definition) is 2. The second kappa shape index (κ2) is 5.93. The average Bonchev–Trinajstić information content (AvgIpc) is 2.72. The highest BCUT2D eigenvalue weighted by molar-refractivity contribution is 6.01. The molecule has 1 atom stereocenters. The Morgan fingerprint density at radius 3 is 2.73 bits per heavy atom. The molecule has 22 heavy (non-hydrogen) atoms. The number of fused-ring (bicyclic) bond motifs is 3. The topological polar surface area (TPSA) is 32.3 Å². The number of halogens is 4. The molecule has 1 saturated heterocycles. The van der Waals surface area contributed by atoms with Crippen molar-refractivity contribution < 1.29 is 18.0 Å². The van der Waals surface area contributed by atoms with E-state index in [4.69, 9.17) is 0 Å². The van der Waals surface area contributed by atoms with Crippen molar-refractivity contribution in [1.29, 1.82) is 0 Å². The van der Waals surface area contributed by atoms with Gasteiger partial charge in [0.25, 0.3) is 5.91 Å². The SMILES string of the molecule is C/C=C\c1cc2c(c(C(F)(F)F)c1)C(=O)N1CCNC[C@@H]21.Cl. The fourth-order valence-electron chi connectivity index (χ4n) is 3.07. The first-order valence-corrected chi connectivity index (χ1v) is 6.83. The lowest BCUT2D eigenvalue weighted by Gasteiger charge is -2.30. The van der Waals surface area contributed by atoms with Crippen molar-refractivity contribution >= 4 is 24.4 Å². The summed E-state index contributed by atoms with van der Waals surface area (Å²) in [7, 11) is 0. The van der Waals surface area contributed by atoms with E-state index in [1.165, 1.54) is 4.90 Å². The van der Waals surface area contributed by atoms with E-state index < -0.39 is 17.6 Å². The molecule has 120 valence electrons. The molecule has 2 heterocycles. The van der Waals surface area contributed by atoms with Gasteiger partial charge in [-0.1, -0.05) is 12.2 Å². The smallest absolute Gasteiger partial charge is 0.329 e. The molecule has 0 aliphatic carbocycles. The molecule has 1 N–H and O–H groups in total. The number of benzene rings is 1. The molecule has 2 aliphatic heterocycles. The van der Waals surface area contributed by atoms with Crippen LogP contribution in [0.4, 0.5) is 13.2 Å². The van der Waals surface area contributed by atoms with Gasteiger partial charge in [-0.05, 0) is 30.2 Å². The van der Waals surface area contributed by atoms with Crippen LogP contribution in [0.15, 0.2) is 18.2 Å². The van der Waals surface area contributed by atoms with E-state index in [9.17, 15) is 18.0 Å². The zero-order chi connectivity index (χ0) is 15.2. The molecular formula is C15H16ClF3N2O. The van der Waals surface area contributed by atoms with Crippen LogP contribution < -0.4 is 5.32 Å². The van der Waals surface area contributed by atoms with Crippen LogP contribution in [0.5, 0.6) is 0 Å². The first-order valence-electron chi connectivity index (χ1n) is 6.83. The summed E-state index contributed by atoms with van der Waals surface area (Å²) in [4.78, 5) is 13.9. The Morgan fingerprint density at radius 2 is 2.09 bits per heavy atom. The van der Waals surface area contributed by atoms with Gasteiger partial charge in [-0.15, -0.1) is 12.4 Å². The van der Waals surface area contributed by atoms with Gasteiger partial charge >= 0.3 is 6.18 Å². The predicted molar refractivity (Wildman–Crippen MR) is 80.0 cm³/mol. The zero-order valence-corrected chi connectivity index (χ0v) is 12.7. The second-order valence-corrected chi connectivity index (χ2v) is 5.25. The molecule has 0 unspecified atom stereocenters. The minimum Gasteiger partial charge on any atom is -0.329 e. The van der Waals surface area contributed by atoms with Crippen LogP contribution >= 0.6 is 12.4 Å². The van der Waals surface area contributed by atoms with Crippen LogP contribution in [-0.4, -0.2) is 30.4 Å². The highest BCUT2D eigenvalue weighted by Crippen LogP contribution is 2.42. The number of carbonyl (C=O) groups excluding carboxylic acids is 1. The number of nitrogens with zero attached hydrogens (tertiary/aromatic N) is 1. The third-order valence-corrected chi connectivity index (χ3v) is 3.93. The van der Waals surface area contributed by atoms with Crippen LogP contribution in [-0.2, 0) is 6.18 Å². The first kappa shape index (κ1) is 16.8. The lowest BCUT2D eigenvalue weighted by Crippen LogP contribution is -2.44. The number of carbonyl (C=O) groups is 1. The van der Waals surface area contributed by atoms with Crippen molar-refractivity contribution in [3.63, 3.8) is 0 Å². The molecule has 3 nitrogen and oxygen atoms in total. The monoisotopic (exact) mass is 332 g/mol. The van der Waals surface area contributed by atoms with Gasteiger partial charge in [0.1, 0.15) is 0 Å². The van der Waals surface area contributed by atoms with Crippen LogP contribution in [0.25, 0.3) is 6.08 Å². The van der Waals surface area contributed by atoms with Crippen molar-refractivity contribution in [3.8, 4) is 0 Å². The van der Waals surface area contributed by atoms with E-state index in [2.05, 4.69) is 5.32 Å². The minimum atomic E-state index is -4.53. The second-order valence-electron chi connectivity index (χ2n) is 5.25. The van der Waals surface area contributed by atoms with Gasteiger partial charge in [0.2, 0.25) is 0 Å². The fourth-order valence-corrected chi connectivity index (χ4v) is 3.07. The average molecular weight is 333 g/mol. The van der Waals surface area contributed by atoms with Crippen molar-refractivity contribution in [2.75, 3.05) is 19.6 Å². The minimum absolute atomic E-state index is 0. The number of piperazine rings is 1. The third-order valence-electron chi connectivity index (χ3n) is 3.93. The normalized spacial score (nSPS) is 20.8. The van der Waals surface area contributed by atoms with Gasteiger partial charge in [0.05, 0.1) is 17.2 Å². The quantitative estimate of drug-likeness (QED) is 0.856. The van der Waals surface area contributed by atoms with Crippen molar-refractivity contribution in [3.05, 3.63) is 40.5 Å². The first-order chi connectivity index (χ1) is 9.93. The highest BCUT2D eigenvalue weighted by atomic mass is 35.5. The van der Waals surface area contributed by atoms with Gasteiger partial charge < -0.3 is 10.2 Å². The number of amides is 1. The van der Waals surface area contributed by atoms with Gasteiger partial charge in [-0.25, -0.2) is 0 Å². The van der Waals surface area contributed by atoms with E-state index >= 15 is 0 Å². The number of rotatable bonds is 1. The molecule has 1 aromatic carbocycles. The summed E-state index contributed by atoms with van der Waals surface area (Å²) in [6.07, 6.45) is -1.21. The van der Waals surface area contributed by atoms with E-state index in [1.807, 2.05) is 0 Å². The molecule has 1 fully saturated rings. The molecule has 0 saturated carbocycles. The van der Waals surface area contributed by atoms with Crippen molar-refractivity contribution in [2.45, 2.75) is 19.1 Å². The Hall–Kier alpha value is -1.53. The zero-order valence-electron chi connectivity index (χ0n) is 11.9. The van der Waals surface area contributed by atoms with Crippen LogP contribution in [0.2, 0.25) is 0 Å². The Bertz CT molecular complexity index is 628. The molecule has 0 aromatic heterocycles. The number of nitrogens with one attached hydrogen (secondary N) is 1. The summed E-state index contributed by atoms with van der Waals surface area (Å²) < 4.78 is 39.9. The van der Waals surface area contributed by atoms with E-state index in [0.717, 1.165) is 6.07 Å². The Morgan fingerprint density at radius 1 is 1.36 bits per heavy atom. The van der Waals surface area contributed by atoms with E-state index in [-0.39, 0.29) is 24.0 Å². The summed E-state index contributed by atoms with van der Waals surface area (Å²) in [5.74, 6) is -0.504. The number of hydrogen-bond donors (Lipinski definition) is 1.